The van der Waals surface area contributed by atoms with Crippen molar-refractivity contribution >= 4 is 15.9 Å². The zero-order valence-corrected chi connectivity index (χ0v) is 8.25. The molecule has 72 valence electrons. The number of rotatable bonds is 1. The first kappa shape index (κ1) is 10.5. The highest BCUT2D eigenvalue weighted by molar-refractivity contribution is 9.10. The van der Waals surface area contributed by atoms with Crippen molar-refractivity contribution in [3.8, 4) is 0 Å². The Morgan fingerprint density at radius 1 is 1.15 bits per heavy atom. The van der Waals surface area contributed by atoms with Crippen molar-refractivity contribution in [2.24, 2.45) is 0 Å². The smallest absolute Gasteiger partial charge is 0.165 e. The molecule has 1 aromatic rings. The zero-order valence-electron chi connectivity index (χ0n) is 6.67. The standard InChI is InChI=1S/C8H6BrF3O/c1-3-6(10)5(9)4(2-13)8(12)7(3)11/h13H,2H2,1H3. The molecule has 0 unspecified atom stereocenters. The van der Waals surface area contributed by atoms with Crippen molar-refractivity contribution in [1.29, 1.82) is 0 Å². The van der Waals surface area contributed by atoms with Gasteiger partial charge in [-0.05, 0) is 22.9 Å². The van der Waals surface area contributed by atoms with Gasteiger partial charge in [-0.1, -0.05) is 0 Å². The van der Waals surface area contributed by atoms with Gasteiger partial charge in [0, 0.05) is 11.1 Å². The van der Waals surface area contributed by atoms with Crippen molar-refractivity contribution in [2.75, 3.05) is 0 Å². The summed E-state index contributed by atoms with van der Waals surface area (Å²) in [5, 5.41) is 8.64. The van der Waals surface area contributed by atoms with Crippen LogP contribution in [0.4, 0.5) is 13.2 Å². The van der Waals surface area contributed by atoms with E-state index in [1.165, 1.54) is 0 Å². The highest BCUT2D eigenvalue weighted by Crippen LogP contribution is 2.28. The normalized spacial score (nSPS) is 10.6. The lowest BCUT2D eigenvalue weighted by Gasteiger charge is -2.08. The Balaban J connectivity index is 3.56. The molecule has 0 aliphatic heterocycles. The Morgan fingerprint density at radius 2 is 1.69 bits per heavy atom. The average Bonchev–Trinajstić information content (AvgIpc) is 2.13. The molecular formula is C8H6BrF3O. The lowest BCUT2D eigenvalue weighted by molar-refractivity contribution is 0.271. The Hall–Kier alpha value is -0.550. The second-order valence-electron chi connectivity index (χ2n) is 2.52. The van der Waals surface area contributed by atoms with Crippen molar-refractivity contribution in [1.82, 2.24) is 0 Å². The van der Waals surface area contributed by atoms with Gasteiger partial charge in [0.25, 0.3) is 0 Å². The predicted molar refractivity (Wildman–Crippen MR) is 44.7 cm³/mol. The van der Waals surface area contributed by atoms with Gasteiger partial charge >= 0.3 is 0 Å². The van der Waals surface area contributed by atoms with Gasteiger partial charge in [0.1, 0.15) is 5.82 Å². The summed E-state index contributed by atoms with van der Waals surface area (Å²) in [5.74, 6) is -3.36. The number of benzene rings is 1. The van der Waals surface area contributed by atoms with Crippen LogP contribution < -0.4 is 0 Å². The molecule has 1 N–H and O–H groups in total. The quantitative estimate of drug-likeness (QED) is 0.765. The van der Waals surface area contributed by atoms with Crippen LogP contribution in [0.15, 0.2) is 4.47 Å². The maximum absolute atomic E-state index is 13.1. The molecule has 0 aromatic heterocycles. The monoisotopic (exact) mass is 254 g/mol. The first-order chi connectivity index (χ1) is 6.00. The summed E-state index contributed by atoms with van der Waals surface area (Å²) in [7, 11) is 0. The summed E-state index contributed by atoms with van der Waals surface area (Å²) in [6, 6.07) is 0. The number of aliphatic hydroxyl groups is 1. The molecule has 5 heteroatoms. The van der Waals surface area contributed by atoms with E-state index in [9.17, 15) is 13.2 Å². The molecule has 0 spiro atoms. The van der Waals surface area contributed by atoms with Gasteiger partial charge < -0.3 is 5.11 Å². The summed E-state index contributed by atoms with van der Waals surface area (Å²) in [5.41, 5.74) is -0.804. The maximum atomic E-state index is 13.1. The minimum Gasteiger partial charge on any atom is -0.392 e. The molecule has 0 radical (unpaired) electrons. The van der Waals surface area contributed by atoms with Gasteiger partial charge in [0.15, 0.2) is 11.6 Å². The van der Waals surface area contributed by atoms with Crippen LogP contribution in [0, 0.1) is 24.4 Å². The van der Waals surface area contributed by atoms with E-state index in [1.54, 1.807) is 0 Å². The molecule has 0 atom stereocenters. The molecule has 0 heterocycles. The van der Waals surface area contributed by atoms with E-state index in [0.717, 1.165) is 6.92 Å². The molecule has 0 aliphatic rings. The number of aliphatic hydroxyl groups excluding tert-OH is 1. The highest BCUT2D eigenvalue weighted by Gasteiger charge is 2.20. The molecule has 1 nitrogen and oxygen atoms in total. The van der Waals surface area contributed by atoms with Crippen molar-refractivity contribution in [3.63, 3.8) is 0 Å². The minimum atomic E-state index is -1.26. The Kier molecular flexibility index (Phi) is 2.98. The number of hydrogen-bond acceptors (Lipinski definition) is 1. The van der Waals surface area contributed by atoms with E-state index in [0.29, 0.717) is 0 Å². The zero-order chi connectivity index (χ0) is 10.2. The van der Waals surface area contributed by atoms with Crippen molar-refractivity contribution in [2.45, 2.75) is 13.5 Å². The lowest BCUT2D eigenvalue weighted by Crippen LogP contribution is -2.02. The SMILES string of the molecule is Cc1c(F)c(F)c(CO)c(Br)c1F. The fourth-order valence-electron chi connectivity index (χ4n) is 0.926. The minimum absolute atomic E-state index is 0.230. The second-order valence-corrected chi connectivity index (χ2v) is 3.31. The van der Waals surface area contributed by atoms with Gasteiger partial charge in [-0.15, -0.1) is 0 Å². The van der Waals surface area contributed by atoms with Crippen molar-refractivity contribution in [3.05, 3.63) is 33.1 Å². The van der Waals surface area contributed by atoms with Crippen LogP contribution in [0.5, 0.6) is 0 Å². The van der Waals surface area contributed by atoms with Crippen LogP contribution in [0.3, 0.4) is 0 Å². The molecule has 0 aliphatic carbocycles. The molecule has 0 amide bonds. The van der Waals surface area contributed by atoms with Crippen LogP contribution in [0.2, 0.25) is 0 Å². The van der Waals surface area contributed by atoms with E-state index >= 15 is 0 Å². The second kappa shape index (κ2) is 3.67. The molecular weight excluding hydrogens is 249 g/mol. The molecule has 0 bridgehead atoms. The third kappa shape index (κ3) is 1.58. The highest BCUT2D eigenvalue weighted by atomic mass is 79.9. The van der Waals surface area contributed by atoms with E-state index in [2.05, 4.69) is 15.9 Å². The van der Waals surface area contributed by atoms with Gasteiger partial charge in [-0.25, -0.2) is 13.2 Å². The molecule has 0 fully saturated rings. The molecule has 1 rings (SSSR count). The lowest BCUT2D eigenvalue weighted by atomic mass is 10.1. The first-order valence-electron chi connectivity index (χ1n) is 3.43. The van der Waals surface area contributed by atoms with E-state index in [4.69, 9.17) is 5.11 Å². The molecule has 0 saturated heterocycles. The predicted octanol–water partition coefficient (Wildman–Crippen LogP) is 2.67. The van der Waals surface area contributed by atoms with Crippen LogP contribution in [-0.4, -0.2) is 5.11 Å². The maximum Gasteiger partial charge on any atom is 0.165 e. The van der Waals surface area contributed by atoms with Gasteiger partial charge in [-0.2, -0.15) is 0 Å². The summed E-state index contributed by atoms with van der Waals surface area (Å²) in [6.45, 7) is 0.375. The Bertz CT molecular complexity index is 323. The largest absolute Gasteiger partial charge is 0.392 e. The third-order valence-corrected chi connectivity index (χ3v) is 2.56. The topological polar surface area (TPSA) is 20.2 Å². The Morgan fingerprint density at radius 3 is 2.15 bits per heavy atom. The van der Waals surface area contributed by atoms with Crippen molar-refractivity contribution < 1.29 is 18.3 Å². The summed E-state index contributed by atoms with van der Waals surface area (Å²) < 4.78 is 38.7. The number of halogens is 4. The van der Waals surface area contributed by atoms with Crippen LogP contribution >= 0.6 is 15.9 Å². The first-order valence-corrected chi connectivity index (χ1v) is 4.22. The van der Waals surface area contributed by atoms with Gasteiger partial charge in [0.05, 0.1) is 11.1 Å². The van der Waals surface area contributed by atoms with E-state index in [-0.39, 0.29) is 4.47 Å². The summed E-state index contributed by atoms with van der Waals surface area (Å²) in [6.07, 6.45) is 0. The van der Waals surface area contributed by atoms with Gasteiger partial charge in [0.2, 0.25) is 0 Å². The molecule has 0 saturated carbocycles. The fraction of sp³-hybridized carbons (Fsp3) is 0.250. The summed E-state index contributed by atoms with van der Waals surface area (Å²) >= 11 is 2.73. The fourth-order valence-corrected chi connectivity index (χ4v) is 1.52. The van der Waals surface area contributed by atoms with E-state index < -0.39 is 35.2 Å². The van der Waals surface area contributed by atoms with Crippen LogP contribution in [0.25, 0.3) is 0 Å². The van der Waals surface area contributed by atoms with E-state index in [1.807, 2.05) is 0 Å². The molecule has 1 aromatic carbocycles. The average molecular weight is 255 g/mol. The molecule has 13 heavy (non-hydrogen) atoms. The number of hydrogen-bond donors (Lipinski definition) is 1. The summed E-state index contributed by atoms with van der Waals surface area (Å²) in [4.78, 5) is 0. The van der Waals surface area contributed by atoms with Crippen LogP contribution in [-0.2, 0) is 6.61 Å². The third-order valence-electron chi connectivity index (χ3n) is 1.73. The van der Waals surface area contributed by atoms with Gasteiger partial charge in [-0.3, -0.25) is 0 Å². The van der Waals surface area contributed by atoms with Crippen LogP contribution in [0.1, 0.15) is 11.1 Å². The Labute approximate surface area is 81.3 Å².